The molecule has 5 N–H and O–H groups in total. The Hall–Kier alpha value is -2.84. The highest BCUT2D eigenvalue weighted by molar-refractivity contribution is 6.36. The number of nitrogens with two attached hydrogens (primary N) is 1. The third-order valence-electron chi connectivity index (χ3n) is 5.29. The molecule has 1 aromatic carbocycles. The summed E-state index contributed by atoms with van der Waals surface area (Å²) in [4.78, 5) is 40.3. The Morgan fingerprint density at radius 1 is 1.29 bits per heavy atom. The second kappa shape index (κ2) is 8.72. The van der Waals surface area contributed by atoms with Crippen LogP contribution in [0.25, 0.3) is 0 Å². The van der Waals surface area contributed by atoms with E-state index in [4.69, 9.17) is 28.9 Å². The molecule has 31 heavy (non-hydrogen) atoms. The summed E-state index contributed by atoms with van der Waals surface area (Å²) < 4.78 is 0. The minimum absolute atomic E-state index is 0.125. The van der Waals surface area contributed by atoms with Gasteiger partial charge in [-0.15, -0.1) is 0 Å². The summed E-state index contributed by atoms with van der Waals surface area (Å²) in [5.41, 5.74) is 6.13. The van der Waals surface area contributed by atoms with Crippen molar-refractivity contribution in [1.82, 2.24) is 15.6 Å². The average Bonchev–Trinajstić information content (AvgIpc) is 2.69. The molecule has 1 saturated heterocycles. The number of imide groups is 1. The van der Waals surface area contributed by atoms with Crippen LogP contribution in [0.1, 0.15) is 49.4 Å². The first-order chi connectivity index (χ1) is 14.5. The molecule has 164 valence electrons. The first-order valence-corrected chi connectivity index (χ1v) is 10.3. The molecule has 10 heteroatoms. The zero-order valence-electron chi connectivity index (χ0n) is 17.0. The van der Waals surface area contributed by atoms with Crippen molar-refractivity contribution in [1.29, 1.82) is 0 Å². The highest BCUT2D eigenvalue weighted by atomic mass is 35.5. The van der Waals surface area contributed by atoms with Crippen molar-refractivity contribution in [3.05, 3.63) is 51.1 Å². The minimum Gasteiger partial charge on any atom is -0.492 e. The SMILES string of the molecule is CC(C)(C(=O)NCc1cc(Cl)c(C2CCC(=O)NC2=O)c(Cl)c1)c1ccc(N)c(O)n1. The van der Waals surface area contributed by atoms with Crippen LogP contribution in [-0.2, 0) is 26.3 Å². The van der Waals surface area contributed by atoms with E-state index in [1.165, 1.54) is 6.07 Å². The predicted molar refractivity (Wildman–Crippen MR) is 117 cm³/mol. The summed E-state index contributed by atoms with van der Waals surface area (Å²) in [6, 6.07) is 6.33. The Kier molecular flexibility index (Phi) is 6.43. The third kappa shape index (κ3) is 4.75. The number of aromatic nitrogens is 1. The fraction of sp³-hybridized carbons (Fsp3) is 0.333. The van der Waals surface area contributed by atoms with Gasteiger partial charge in [-0.1, -0.05) is 23.2 Å². The van der Waals surface area contributed by atoms with Crippen molar-refractivity contribution < 1.29 is 19.5 Å². The molecule has 3 amide bonds. The van der Waals surface area contributed by atoms with E-state index in [1.807, 2.05) is 0 Å². The number of carbonyl (C=O) groups is 3. The number of amides is 3. The molecule has 1 atom stereocenters. The molecule has 2 aromatic rings. The van der Waals surface area contributed by atoms with Crippen LogP contribution in [-0.4, -0.2) is 27.8 Å². The van der Waals surface area contributed by atoms with E-state index in [2.05, 4.69) is 15.6 Å². The predicted octanol–water partition coefficient (Wildman–Crippen LogP) is 2.79. The van der Waals surface area contributed by atoms with E-state index in [-0.39, 0.29) is 46.4 Å². The van der Waals surface area contributed by atoms with E-state index in [9.17, 15) is 19.5 Å². The van der Waals surface area contributed by atoms with Crippen LogP contribution in [0.3, 0.4) is 0 Å². The molecule has 8 nitrogen and oxygen atoms in total. The molecule has 1 aliphatic rings. The first-order valence-electron chi connectivity index (χ1n) is 9.56. The molecule has 2 heterocycles. The smallest absolute Gasteiger partial charge is 0.234 e. The molecule has 0 radical (unpaired) electrons. The van der Waals surface area contributed by atoms with E-state index >= 15 is 0 Å². The number of piperidine rings is 1. The van der Waals surface area contributed by atoms with Gasteiger partial charge in [0.15, 0.2) is 0 Å². The van der Waals surface area contributed by atoms with Crippen LogP contribution in [0.5, 0.6) is 5.88 Å². The molecule has 1 aliphatic heterocycles. The van der Waals surface area contributed by atoms with Gasteiger partial charge in [0, 0.05) is 28.6 Å². The number of nitrogen functional groups attached to an aromatic ring is 1. The highest BCUT2D eigenvalue weighted by Crippen LogP contribution is 2.37. The number of benzene rings is 1. The number of pyridine rings is 1. The van der Waals surface area contributed by atoms with Gasteiger partial charge in [0.25, 0.3) is 0 Å². The monoisotopic (exact) mass is 464 g/mol. The lowest BCUT2D eigenvalue weighted by Gasteiger charge is -2.24. The Labute approximate surface area is 189 Å². The van der Waals surface area contributed by atoms with E-state index < -0.39 is 17.2 Å². The van der Waals surface area contributed by atoms with Crippen LogP contribution >= 0.6 is 23.2 Å². The second-order valence-corrected chi connectivity index (χ2v) is 8.71. The number of hydrogen-bond acceptors (Lipinski definition) is 6. The van der Waals surface area contributed by atoms with Gasteiger partial charge in [-0.2, -0.15) is 0 Å². The zero-order valence-corrected chi connectivity index (χ0v) is 18.5. The number of halogens is 2. The van der Waals surface area contributed by atoms with Crippen LogP contribution < -0.4 is 16.4 Å². The lowest BCUT2D eigenvalue weighted by molar-refractivity contribution is -0.134. The summed E-state index contributed by atoms with van der Waals surface area (Å²) in [5, 5.41) is 15.4. The molecule has 1 fully saturated rings. The summed E-state index contributed by atoms with van der Waals surface area (Å²) in [6.07, 6.45) is 0.542. The van der Waals surface area contributed by atoms with Crippen molar-refractivity contribution in [3.8, 4) is 5.88 Å². The van der Waals surface area contributed by atoms with E-state index in [1.54, 1.807) is 32.0 Å². The van der Waals surface area contributed by atoms with Gasteiger partial charge in [0.2, 0.25) is 23.6 Å². The van der Waals surface area contributed by atoms with E-state index in [0.717, 1.165) is 0 Å². The lowest BCUT2D eigenvalue weighted by atomic mass is 9.87. The standard InChI is InChI=1S/C21H22Cl2N4O4/c1-21(2,15-5-4-14(24)19(30)26-15)20(31)25-9-10-7-12(22)17(13(23)8-10)11-3-6-16(28)27-18(11)29/h4-5,7-8,11H,3,6,9,24H2,1-2H3,(H,25,31)(H,26,30)(H,27,28,29). The number of nitrogens with zero attached hydrogens (tertiary/aromatic N) is 1. The fourth-order valence-corrected chi connectivity index (χ4v) is 4.16. The Balaban J connectivity index is 1.74. The highest BCUT2D eigenvalue weighted by Gasteiger charge is 2.33. The van der Waals surface area contributed by atoms with E-state index in [0.29, 0.717) is 23.2 Å². The first kappa shape index (κ1) is 22.8. The fourth-order valence-electron chi connectivity index (χ4n) is 3.37. The van der Waals surface area contributed by atoms with Crippen LogP contribution in [0.15, 0.2) is 24.3 Å². The molecule has 0 aliphatic carbocycles. The maximum absolute atomic E-state index is 12.8. The summed E-state index contributed by atoms with van der Waals surface area (Å²) in [5.74, 6) is -2.02. The molecular formula is C21H22Cl2N4O4. The van der Waals surface area contributed by atoms with Gasteiger partial charge >= 0.3 is 0 Å². The number of nitrogens with one attached hydrogen (secondary N) is 2. The minimum atomic E-state index is -1.04. The topological polar surface area (TPSA) is 134 Å². The molecule has 3 rings (SSSR count). The molecule has 1 aromatic heterocycles. The Bertz CT molecular complexity index is 1050. The Morgan fingerprint density at radius 3 is 2.52 bits per heavy atom. The number of carbonyl (C=O) groups excluding carboxylic acids is 3. The summed E-state index contributed by atoms with van der Waals surface area (Å²) >= 11 is 12.8. The van der Waals surface area contributed by atoms with Crippen LogP contribution in [0, 0.1) is 0 Å². The number of anilines is 1. The normalized spacial score (nSPS) is 16.7. The van der Waals surface area contributed by atoms with Crippen molar-refractivity contribution >= 4 is 46.6 Å². The van der Waals surface area contributed by atoms with Gasteiger partial charge in [-0.3, -0.25) is 19.7 Å². The maximum Gasteiger partial charge on any atom is 0.234 e. The third-order valence-corrected chi connectivity index (χ3v) is 5.92. The van der Waals surface area contributed by atoms with Crippen LogP contribution in [0.2, 0.25) is 10.0 Å². The maximum atomic E-state index is 12.8. The van der Waals surface area contributed by atoms with Crippen molar-refractivity contribution in [2.45, 2.75) is 44.6 Å². The molecule has 0 spiro atoms. The zero-order chi connectivity index (χ0) is 22.9. The van der Waals surface area contributed by atoms with Crippen molar-refractivity contribution in [3.63, 3.8) is 0 Å². The molecule has 0 bridgehead atoms. The number of aromatic hydroxyl groups is 1. The van der Waals surface area contributed by atoms with Gasteiger partial charge < -0.3 is 16.2 Å². The molecule has 1 unspecified atom stereocenters. The van der Waals surface area contributed by atoms with Crippen molar-refractivity contribution in [2.75, 3.05) is 5.73 Å². The Morgan fingerprint density at radius 2 is 1.94 bits per heavy atom. The van der Waals surface area contributed by atoms with Gasteiger partial charge in [0.05, 0.1) is 22.7 Å². The summed E-state index contributed by atoms with van der Waals surface area (Å²) in [7, 11) is 0. The largest absolute Gasteiger partial charge is 0.492 e. The number of rotatable bonds is 5. The van der Waals surface area contributed by atoms with Crippen LogP contribution in [0.4, 0.5) is 5.69 Å². The lowest BCUT2D eigenvalue weighted by Crippen LogP contribution is -2.40. The van der Waals surface area contributed by atoms with Gasteiger partial charge in [-0.25, -0.2) is 4.98 Å². The molecular weight excluding hydrogens is 443 g/mol. The average molecular weight is 465 g/mol. The van der Waals surface area contributed by atoms with Gasteiger partial charge in [0.1, 0.15) is 0 Å². The number of hydrogen-bond donors (Lipinski definition) is 4. The quantitative estimate of drug-likeness (QED) is 0.502. The summed E-state index contributed by atoms with van der Waals surface area (Å²) in [6.45, 7) is 3.48. The second-order valence-electron chi connectivity index (χ2n) is 7.89. The molecule has 0 saturated carbocycles. The van der Waals surface area contributed by atoms with Gasteiger partial charge in [-0.05, 0) is 50.1 Å². The van der Waals surface area contributed by atoms with Crippen molar-refractivity contribution in [2.24, 2.45) is 0 Å².